The molecule has 0 saturated heterocycles. The molecule has 0 fully saturated rings. The van der Waals surface area contributed by atoms with E-state index in [1.54, 1.807) is 6.07 Å². The van der Waals surface area contributed by atoms with Gasteiger partial charge in [-0.1, -0.05) is 29.3 Å². The van der Waals surface area contributed by atoms with Crippen LogP contribution in [0.3, 0.4) is 0 Å². The van der Waals surface area contributed by atoms with Crippen LogP contribution >= 0.6 is 23.2 Å². The summed E-state index contributed by atoms with van der Waals surface area (Å²) in [5.74, 6) is 0.788. The summed E-state index contributed by atoms with van der Waals surface area (Å²) in [6, 6.07) is 7.45. The summed E-state index contributed by atoms with van der Waals surface area (Å²) < 4.78 is 5.38. The zero-order valence-electron chi connectivity index (χ0n) is 8.13. The number of ether oxygens (including phenoxy) is 1. The summed E-state index contributed by atoms with van der Waals surface area (Å²) in [4.78, 5) is 3.98. The Bertz CT molecular complexity index is 499. The minimum atomic E-state index is 0.400. The molecule has 0 radical (unpaired) electrons. The number of nitrogens with zero attached hydrogens (tertiary/aromatic N) is 1. The number of benzene rings is 1. The van der Waals surface area contributed by atoms with Crippen LogP contribution in [0, 0.1) is 0 Å². The summed E-state index contributed by atoms with van der Waals surface area (Å²) in [5, 5.41) is 2.62. The first-order valence-corrected chi connectivity index (χ1v) is 5.35. The molecular weight excluding hydrogens is 233 g/mol. The number of rotatable bonds is 2. The lowest BCUT2D eigenvalue weighted by Gasteiger charge is -2.05. The van der Waals surface area contributed by atoms with Crippen LogP contribution in [0.4, 0.5) is 0 Å². The molecule has 2 aromatic rings. The van der Waals surface area contributed by atoms with E-state index >= 15 is 0 Å². The fourth-order valence-corrected chi connectivity index (χ4v) is 1.91. The van der Waals surface area contributed by atoms with Crippen LogP contribution in [-0.2, 0) is 0 Å². The monoisotopic (exact) mass is 241 g/mol. The number of halogens is 2. The van der Waals surface area contributed by atoms with Crippen molar-refractivity contribution in [2.75, 3.05) is 6.61 Å². The number of fused-ring (bicyclic) bond motifs is 1. The van der Waals surface area contributed by atoms with Crippen molar-refractivity contribution in [3.8, 4) is 5.75 Å². The van der Waals surface area contributed by atoms with Gasteiger partial charge >= 0.3 is 0 Å². The highest BCUT2D eigenvalue weighted by atomic mass is 35.5. The molecule has 0 amide bonds. The number of hydrogen-bond donors (Lipinski definition) is 0. The highest BCUT2D eigenvalue weighted by molar-refractivity contribution is 6.36. The van der Waals surface area contributed by atoms with E-state index < -0.39 is 0 Å². The van der Waals surface area contributed by atoms with Crippen molar-refractivity contribution in [3.63, 3.8) is 0 Å². The van der Waals surface area contributed by atoms with Gasteiger partial charge in [0.1, 0.15) is 16.1 Å². The van der Waals surface area contributed by atoms with Crippen molar-refractivity contribution < 1.29 is 4.74 Å². The lowest BCUT2D eigenvalue weighted by atomic mass is 10.2. The molecule has 0 unspecified atom stereocenters. The van der Waals surface area contributed by atoms with Crippen LogP contribution in [0.1, 0.15) is 6.92 Å². The van der Waals surface area contributed by atoms with Gasteiger partial charge in [-0.15, -0.1) is 0 Å². The van der Waals surface area contributed by atoms with Gasteiger partial charge in [0, 0.05) is 5.39 Å². The Morgan fingerprint density at radius 1 is 1.27 bits per heavy atom. The Labute approximate surface area is 97.8 Å². The van der Waals surface area contributed by atoms with Gasteiger partial charge in [-0.2, -0.15) is 0 Å². The van der Waals surface area contributed by atoms with Gasteiger partial charge in [0.05, 0.1) is 6.61 Å². The molecule has 0 N–H and O–H groups in total. The van der Waals surface area contributed by atoms with Crippen molar-refractivity contribution in [3.05, 3.63) is 34.6 Å². The predicted molar refractivity (Wildman–Crippen MR) is 62.9 cm³/mol. The fourth-order valence-electron chi connectivity index (χ4n) is 1.41. The maximum Gasteiger partial charge on any atom is 0.138 e. The standard InChI is InChI=1S/C11H9Cl2NO/c1-2-15-8-4-3-7-5-10(12)14-11(13)9(7)6-8/h3-6H,2H2,1H3. The molecule has 4 heteroatoms. The van der Waals surface area contributed by atoms with E-state index in [1.165, 1.54) is 0 Å². The van der Waals surface area contributed by atoms with E-state index in [2.05, 4.69) is 4.98 Å². The van der Waals surface area contributed by atoms with Gasteiger partial charge in [0.15, 0.2) is 0 Å². The first-order chi connectivity index (χ1) is 7.20. The molecule has 2 nitrogen and oxygen atoms in total. The molecule has 78 valence electrons. The number of hydrogen-bond acceptors (Lipinski definition) is 2. The maximum atomic E-state index is 5.98. The molecule has 1 aromatic heterocycles. The largest absolute Gasteiger partial charge is 0.494 e. The van der Waals surface area contributed by atoms with E-state index in [-0.39, 0.29) is 0 Å². The Kier molecular flexibility index (Phi) is 2.98. The third kappa shape index (κ3) is 2.16. The molecule has 2 rings (SSSR count). The molecule has 1 aromatic carbocycles. The normalized spacial score (nSPS) is 10.6. The maximum absolute atomic E-state index is 5.98. The van der Waals surface area contributed by atoms with E-state index in [4.69, 9.17) is 27.9 Å². The summed E-state index contributed by atoms with van der Waals surface area (Å²) in [6.45, 7) is 2.57. The van der Waals surface area contributed by atoms with Crippen LogP contribution in [0.25, 0.3) is 10.8 Å². The van der Waals surface area contributed by atoms with Crippen LogP contribution in [0.15, 0.2) is 24.3 Å². The lowest BCUT2D eigenvalue weighted by Crippen LogP contribution is -1.91. The lowest BCUT2D eigenvalue weighted by molar-refractivity contribution is 0.341. The van der Waals surface area contributed by atoms with Gasteiger partial charge in [-0.25, -0.2) is 4.98 Å². The third-order valence-corrected chi connectivity index (χ3v) is 2.52. The molecule has 0 aliphatic heterocycles. The van der Waals surface area contributed by atoms with E-state index in [1.807, 2.05) is 25.1 Å². The Balaban J connectivity index is 2.60. The van der Waals surface area contributed by atoms with Crippen molar-refractivity contribution in [2.45, 2.75) is 6.92 Å². The second-order valence-corrected chi connectivity index (χ2v) is 3.80. The Morgan fingerprint density at radius 3 is 2.80 bits per heavy atom. The summed E-state index contributed by atoms with van der Waals surface area (Å²) >= 11 is 11.8. The summed E-state index contributed by atoms with van der Waals surface area (Å²) in [5.41, 5.74) is 0. The Hall–Kier alpha value is -0.990. The fraction of sp³-hybridized carbons (Fsp3) is 0.182. The van der Waals surface area contributed by atoms with Crippen LogP contribution in [-0.4, -0.2) is 11.6 Å². The third-order valence-electron chi connectivity index (χ3n) is 2.04. The zero-order chi connectivity index (χ0) is 10.8. The first kappa shape index (κ1) is 10.5. The molecule has 1 heterocycles. The van der Waals surface area contributed by atoms with Crippen molar-refractivity contribution >= 4 is 34.0 Å². The second-order valence-electron chi connectivity index (χ2n) is 3.05. The average Bonchev–Trinajstić information content (AvgIpc) is 2.19. The molecule has 0 aliphatic carbocycles. The Morgan fingerprint density at radius 2 is 2.07 bits per heavy atom. The number of aromatic nitrogens is 1. The average molecular weight is 242 g/mol. The molecule has 0 bridgehead atoms. The van der Waals surface area contributed by atoms with Gasteiger partial charge in [0.25, 0.3) is 0 Å². The predicted octanol–water partition coefficient (Wildman–Crippen LogP) is 3.94. The molecule has 0 saturated carbocycles. The molecule has 0 aliphatic rings. The number of pyridine rings is 1. The van der Waals surface area contributed by atoms with Crippen LogP contribution in [0.2, 0.25) is 10.3 Å². The topological polar surface area (TPSA) is 22.1 Å². The second kappa shape index (κ2) is 4.25. The molecule has 15 heavy (non-hydrogen) atoms. The van der Waals surface area contributed by atoms with Gasteiger partial charge < -0.3 is 4.74 Å². The van der Waals surface area contributed by atoms with E-state index in [0.29, 0.717) is 16.9 Å². The van der Waals surface area contributed by atoms with E-state index in [9.17, 15) is 0 Å². The quantitative estimate of drug-likeness (QED) is 0.744. The van der Waals surface area contributed by atoms with Crippen molar-refractivity contribution in [1.29, 1.82) is 0 Å². The molecular formula is C11H9Cl2NO. The summed E-state index contributed by atoms with van der Waals surface area (Å²) in [6.07, 6.45) is 0. The first-order valence-electron chi connectivity index (χ1n) is 4.59. The molecule has 0 spiro atoms. The minimum absolute atomic E-state index is 0.400. The smallest absolute Gasteiger partial charge is 0.138 e. The van der Waals surface area contributed by atoms with Crippen molar-refractivity contribution in [1.82, 2.24) is 4.98 Å². The van der Waals surface area contributed by atoms with E-state index in [0.717, 1.165) is 16.5 Å². The SMILES string of the molecule is CCOc1ccc2cc(Cl)nc(Cl)c2c1. The zero-order valence-corrected chi connectivity index (χ0v) is 9.64. The van der Waals surface area contributed by atoms with Gasteiger partial charge in [-0.05, 0) is 30.5 Å². The minimum Gasteiger partial charge on any atom is -0.494 e. The van der Waals surface area contributed by atoms with Crippen LogP contribution in [0.5, 0.6) is 5.75 Å². The highest BCUT2D eigenvalue weighted by Gasteiger charge is 2.04. The molecule has 0 atom stereocenters. The van der Waals surface area contributed by atoms with Gasteiger partial charge in [0.2, 0.25) is 0 Å². The van der Waals surface area contributed by atoms with Gasteiger partial charge in [-0.3, -0.25) is 0 Å². The van der Waals surface area contributed by atoms with Crippen molar-refractivity contribution in [2.24, 2.45) is 0 Å². The summed E-state index contributed by atoms with van der Waals surface area (Å²) in [7, 11) is 0. The highest BCUT2D eigenvalue weighted by Crippen LogP contribution is 2.28. The van der Waals surface area contributed by atoms with Crippen LogP contribution < -0.4 is 4.74 Å².